The van der Waals surface area contributed by atoms with Gasteiger partial charge < -0.3 is 14.6 Å². The molecule has 0 radical (unpaired) electrons. The van der Waals surface area contributed by atoms with Gasteiger partial charge in [-0.05, 0) is 108 Å². The van der Waals surface area contributed by atoms with Crippen molar-refractivity contribution in [2.24, 2.45) is 5.41 Å². The molecule has 4 heterocycles. The maximum atomic E-state index is 14.1. The van der Waals surface area contributed by atoms with E-state index in [4.69, 9.17) is 4.43 Å². The van der Waals surface area contributed by atoms with E-state index >= 15 is 0 Å². The number of hydrogen-bond acceptors (Lipinski definition) is 8. The molecule has 6 rings (SSSR count). The maximum absolute atomic E-state index is 14.1. The molecule has 264 valence electrons. The zero-order valence-electron chi connectivity index (χ0n) is 30.5. The first-order valence-electron chi connectivity index (χ1n) is 17.1. The number of halogens is 1. The van der Waals surface area contributed by atoms with Gasteiger partial charge in [-0.15, -0.1) is 0 Å². The van der Waals surface area contributed by atoms with E-state index in [-0.39, 0.29) is 52.4 Å². The second-order valence-electron chi connectivity index (χ2n) is 15.8. The SMILES string of the molecule is CC(=O)c1nn(CC(=O)N2[C@H](C(=O)Nc3nc(Br)ccc3C)C[C@@]3(C)C[C@@H]23)c2c(C)cc(-c3cnc(C(C)O[Si](C)(C)C(C)(C)C)nc3)cc12. The lowest BCUT2D eigenvalue weighted by molar-refractivity contribution is -0.138. The Morgan fingerprint density at radius 2 is 1.76 bits per heavy atom. The van der Waals surface area contributed by atoms with Crippen molar-refractivity contribution < 1.29 is 18.8 Å². The molecular formula is C37H46BrN7O4Si. The van der Waals surface area contributed by atoms with Gasteiger partial charge in [-0.3, -0.25) is 19.1 Å². The van der Waals surface area contributed by atoms with E-state index in [1.807, 2.05) is 45.0 Å². The molecule has 4 atom stereocenters. The molecule has 2 amide bonds. The lowest BCUT2D eigenvalue weighted by atomic mass is 10.0. The second-order valence-corrected chi connectivity index (χ2v) is 21.4. The molecule has 11 nitrogen and oxygen atoms in total. The summed E-state index contributed by atoms with van der Waals surface area (Å²) in [7, 11) is -2.01. The Hall–Kier alpha value is -3.81. The highest BCUT2D eigenvalue weighted by atomic mass is 79.9. The number of likely N-dealkylation sites (tertiary alicyclic amines) is 1. The Labute approximate surface area is 302 Å². The third kappa shape index (κ3) is 6.67. The van der Waals surface area contributed by atoms with Gasteiger partial charge in [-0.2, -0.15) is 5.10 Å². The number of carbonyl (C=O) groups excluding carboxylic acids is 3. The zero-order chi connectivity index (χ0) is 36.5. The molecule has 50 heavy (non-hydrogen) atoms. The predicted molar refractivity (Wildman–Crippen MR) is 199 cm³/mol. The van der Waals surface area contributed by atoms with Gasteiger partial charge in [0.15, 0.2) is 19.9 Å². The predicted octanol–water partition coefficient (Wildman–Crippen LogP) is 7.57. The number of hydrogen-bond donors (Lipinski definition) is 1. The van der Waals surface area contributed by atoms with Gasteiger partial charge in [0.1, 0.15) is 34.8 Å². The number of benzene rings is 1. The molecule has 0 bridgehead atoms. The molecule has 1 aliphatic carbocycles. The summed E-state index contributed by atoms with van der Waals surface area (Å²) in [4.78, 5) is 56.0. The monoisotopic (exact) mass is 759 g/mol. The van der Waals surface area contributed by atoms with Crippen molar-refractivity contribution in [3.63, 3.8) is 0 Å². The quantitative estimate of drug-likeness (QED) is 0.105. The first kappa shape index (κ1) is 36.0. The number of carbonyl (C=O) groups is 3. The summed E-state index contributed by atoms with van der Waals surface area (Å²) >= 11 is 3.37. The van der Waals surface area contributed by atoms with Crippen molar-refractivity contribution in [3.8, 4) is 11.1 Å². The van der Waals surface area contributed by atoms with E-state index in [0.29, 0.717) is 33.6 Å². The molecule has 4 aromatic rings. The molecular weight excluding hydrogens is 714 g/mol. The molecule has 1 aromatic carbocycles. The standard InChI is InChI=1S/C37H46BrN7O4Si/c1-20-11-12-29(38)41-33(20)42-35(48)27-15-37(8)16-28(37)45(27)30(47)19-44-32-21(2)13-24(14-26(32)31(43-44)22(3)46)25-17-39-34(40-18-25)23(4)49-50(9,10)36(5,6)7/h11-14,17-18,23,27-28H,15-16,19H2,1-10H3,(H,41,42,48)/t23?,27-,28+,37-/m0/s1. The summed E-state index contributed by atoms with van der Waals surface area (Å²) in [6.45, 7) is 20.3. The normalized spacial score (nSPS) is 20.9. The molecule has 0 spiro atoms. The Bertz CT molecular complexity index is 2020. The van der Waals surface area contributed by atoms with Crippen LogP contribution in [0.1, 0.15) is 87.9 Å². The number of anilines is 1. The fourth-order valence-corrected chi connectivity index (χ4v) is 8.49. The minimum absolute atomic E-state index is 0.0258. The summed E-state index contributed by atoms with van der Waals surface area (Å²) < 4.78 is 8.73. The Balaban J connectivity index is 1.26. The molecule has 2 aliphatic rings. The van der Waals surface area contributed by atoms with Gasteiger partial charge in [0.2, 0.25) is 11.8 Å². The molecule has 1 saturated carbocycles. The number of fused-ring (bicyclic) bond motifs is 2. The van der Waals surface area contributed by atoms with Crippen molar-refractivity contribution in [1.29, 1.82) is 0 Å². The number of piperidine rings is 1. The lowest BCUT2D eigenvalue weighted by Gasteiger charge is -2.38. The summed E-state index contributed by atoms with van der Waals surface area (Å²) in [5, 5.41) is 8.33. The number of aryl methyl sites for hydroxylation is 2. The first-order chi connectivity index (χ1) is 23.3. The molecule has 1 N–H and O–H groups in total. The lowest BCUT2D eigenvalue weighted by Crippen LogP contribution is -2.47. The average Bonchev–Trinajstić information content (AvgIpc) is 3.38. The summed E-state index contributed by atoms with van der Waals surface area (Å²) in [6, 6.07) is 6.95. The van der Waals surface area contributed by atoms with E-state index < -0.39 is 14.4 Å². The molecule has 1 unspecified atom stereocenters. The molecule has 13 heteroatoms. The minimum Gasteiger partial charge on any atom is -0.407 e. The molecule has 1 aliphatic heterocycles. The third-order valence-corrected chi connectivity index (χ3v) is 15.8. The van der Waals surface area contributed by atoms with Crippen molar-refractivity contribution >= 4 is 58.6 Å². The largest absolute Gasteiger partial charge is 0.407 e. The van der Waals surface area contributed by atoms with Crippen LogP contribution in [0.15, 0.2) is 41.3 Å². The summed E-state index contributed by atoms with van der Waals surface area (Å²) in [5.41, 5.74) is 4.21. The van der Waals surface area contributed by atoms with Crippen LogP contribution in [0.4, 0.5) is 5.82 Å². The zero-order valence-corrected chi connectivity index (χ0v) is 33.1. The van der Waals surface area contributed by atoms with E-state index in [0.717, 1.165) is 28.7 Å². The van der Waals surface area contributed by atoms with Crippen LogP contribution < -0.4 is 5.32 Å². The van der Waals surface area contributed by atoms with E-state index in [1.54, 1.807) is 22.0 Å². The highest BCUT2D eigenvalue weighted by Gasteiger charge is 2.64. The number of nitrogens with one attached hydrogen (secondary N) is 1. The highest BCUT2D eigenvalue weighted by Crippen LogP contribution is 2.59. The van der Waals surface area contributed by atoms with Gasteiger partial charge in [-0.25, -0.2) is 15.0 Å². The molecule has 1 saturated heterocycles. The Kier molecular flexibility index (Phi) is 9.18. The smallest absolute Gasteiger partial charge is 0.248 e. The first-order valence-corrected chi connectivity index (χ1v) is 20.8. The van der Waals surface area contributed by atoms with E-state index in [1.165, 1.54) is 6.92 Å². The van der Waals surface area contributed by atoms with Crippen LogP contribution in [0, 0.1) is 19.3 Å². The van der Waals surface area contributed by atoms with Crippen molar-refractivity contribution in [1.82, 2.24) is 29.6 Å². The fraction of sp³-hybridized carbons (Fsp3) is 0.486. The number of pyridine rings is 1. The van der Waals surface area contributed by atoms with Crippen LogP contribution in [0.3, 0.4) is 0 Å². The maximum Gasteiger partial charge on any atom is 0.248 e. The summed E-state index contributed by atoms with van der Waals surface area (Å²) in [6.07, 6.45) is 4.74. The van der Waals surface area contributed by atoms with Gasteiger partial charge in [-0.1, -0.05) is 33.8 Å². The van der Waals surface area contributed by atoms with Gasteiger partial charge in [0, 0.05) is 36.3 Å². The van der Waals surface area contributed by atoms with Crippen molar-refractivity contribution in [2.45, 2.75) is 111 Å². The van der Waals surface area contributed by atoms with E-state index in [2.05, 4.69) is 82.1 Å². The van der Waals surface area contributed by atoms with Gasteiger partial charge in [0.25, 0.3) is 0 Å². The molecule has 3 aromatic heterocycles. The topological polar surface area (TPSA) is 132 Å². The van der Waals surface area contributed by atoms with Crippen LogP contribution >= 0.6 is 15.9 Å². The average molecular weight is 761 g/mol. The van der Waals surface area contributed by atoms with Crippen molar-refractivity contribution in [2.75, 3.05) is 5.32 Å². The van der Waals surface area contributed by atoms with Crippen LogP contribution in [0.5, 0.6) is 0 Å². The second kappa shape index (κ2) is 12.7. The van der Waals surface area contributed by atoms with Gasteiger partial charge >= 0.3 is 0 Å². The number of Topliss-reactive ketones (excluding diaryl/α,β-unsaturated/α-hetero) is 1. The van der Waals surface area contributed by atoms with Crippen LogP contribution in [-0.4, -0.2) is 67.6 Å². The number of amides is 2. The number of aromatic nitrogens is 5. The molecule has 2 fully saturated rings. The minimum atomic E-state index is -2.01. The highest BCUT2D eigenvalue weighted by molar-refractivity contribution is 9.10. The number of rotatable bonds is 9. The number of nitrogens with zero attached hydrogens (tertiary/aromatic N) is 6. The third-order valence-electron chi connectivity index (χ3n) is 10.8. The van der Waals surface area contributed by atoms with Crippen LogP contribution in [0.25, 0.3) is 22.0 Å². The van der Waals surface area contributed by atoms with Gasteiger partial charge in [0.05, 0.1) is 5.52 Å². The van der Waals surface area contributed by atoms with Crippen LogP contribution in [-0.2, 0) is 20.6 Å². The van der Waals surface area contributed by atoms with Crippen molar-refractivity contribution in [3.05, 3.63) is 63.9 Å². The Morgan fingerprint density at radius 1 is 1.08 bits per heavy atom. The number of ketones is 1. The van der Waals surface area contributed by atoms with Crippen LogP contribution in [0.2, 0.25) is 18.1 Å². The Morgan fingerprint density at radius 3 is 2.40 bits per heavy atom. The summed E-state index contributed by atoms with van der Waals surface area (Å²) in [5.74, 6) is 0.413. The fourth-order valence-electron chi connectivity index (χ4n) is 6.84. The van der Waals surface area contributed by atoms with E-state index in [9.17, 15) is 14.4 Å².